The summed E-state index contributed by atoms with van der Waals surface area (Å²) in [7, 11) is 1.66. The number of benzene rings is 2. The number of aliphatic carboxylic acids is 1. The van der Waals surface area contributed by atoms with Crippen molar-refractivity contribution in [3.8, 4) is 5.75 Å². The van der Waals surface area contributed by atoms with Crippen LogP contribution in [0.25, 0.3) is 0 Å². The molecule has 0 saturated carbocycles. The minimum atomic E-state index is -0.690. The third-order valence-corrected chi connectivity index (χ3v) is 5.64. The Kier molecular flexibility index (Phi) is 4.90. The summed E-state index contributed by atoms with van der Waals surface area (Å²) in [5, 5.41) is 11.7. The average molecular weight is 367 g/mol. The molecule has 0 aromatic heterocycles. The third-order valence-electron chi connectivity index (χ3n) is 5.64. The number of rotatable bonds is 6. The number of anilines is 2. The molecule has 2 saturated heterocycles. The fourth-order valence-electron chi connectivity index (χ4n) is 4.38. The van der Waals surface area contributed by atoms with Crippen LogP contribution in [-0.2, 0) is 4.79 Å². The van der Waals surface area contributed by atoms with E-state index in [1.165, 1.54) is 0 Å². The van der Waals surface area contributed by atoms with E-state index >= 15 is 0 Å². The highest BCUT2D eigenvalue weighted by Crippen LogP contribution is 2.36. The van der Waals surface area contributed by atoms with Crippen LogP contribution in [0.15, 0.2) is 54.6 Å². The Morgan fingerprint density at radius 2 is 1.93 bits per heavy atom. The Morgan fingerprint density at radius 1 is 1.19 bits per heavy atom. The van der Waals surface area contributed by atoms with Crippen molar-refractivity contribution in [2.24, 2.45) is 5.92 Å². The van der Waals surface area contributed by atoms with E-state index in [1.54, 1.807) is 7.11 Å². The van der Waals surface area contributed by atoms with Gasteiger partial charge in [-0.15, -0.1) is 0 Å². The first-order valence-electron chi connectivity index (χ1n) is 9.37. The number of methoxy groups -OCH3 is 1. The van der Waals surface area contributed by atoms with Gasteiger partial charge in [-0.05, 0) is 61.7 Å². The molecule has 0 amide bonds. The lowest BCUT2D eigenvalue weighted by Crippen LogP contribution is -2.55. The molecule has 4 atom stereocenters. The molecule has 27 heavy (non-hydrogen) atoms. The van der Waals surface area contributed by atoms with Crippen molar-refractivity contribution < 1.29 is 14.6 Å². The van der Waals surface area contributed by atoms with Crippen molar-refractivity contribution in [3.05, 3.63) is 54.6 Å². The molecular weight excluding hydrogens is 342 g/mol. The maximum Gasteiger partial charge on any atom is 0.321 e. The SMILES string of the molecule is COc1ccc(NN(c2ccccc2)C2CC3CCN(C2)C3C(=O)O)cc1. The van der Waals surface area contributed by atoms with Gasteiger partial charge in [0, 0.05) is 6.54 Å². The Balaban J connectivity index is 1.58. The van der Waals surface area contributed by atoms with Gasteiger partial charge in [0.2, 0.25) is 0 Å². The second kappa shape index (κ2) is 7.48. The summed E-state index contributed by atoms with van der Waals surface area (Å²) in [5.74, 6) is 0.327. The number of para-hydroxylation sites is 1. The minimum absolute atomic E-state index is 0.199. The topological polar surface area (TPSA) is 65.0 Å². The number of hydrazine groups is 1. The van der Waals surface area contributed by atoms with Crippen molar-refractivity contribution >= 4 is 17.3 Å². The molecule has 6 nitrogen and oxygen atoms in total. The van der Waals surface area contributed by atoms with Crippen molar-refractivity contribution in [1.82, 2.24) is 4.90 Å². The molecule has 4 unspecified atom stereocenters. The lowest BCUT2D eigenvalue weighted by atomic mass is 9.89. The van der Waals surface area contributed by atoms with Crippen LogP contribution in [0.5, 0.6) is 5.75 Å². The third kappa shape index (κ3) is 3.57. The molecule has 2 aromatic carbocycles. The first kappa shape index (κ1) is 17.7. The van der Waals surface area contributed by atoms with E-state index < -0.39 is 5.97 Å². The van der Waals surface area contributed by atoms with Gasteiger partial charge in [0.15, 0.2) is 0 Å². The van der Waals surface area contributed by atoms with Crippen LogP contribution in [0.3, 0.4) is 0 Å². The highest BCUT2D eigenvalue weighted by atomic mass is 16.5. The number of piperidine rings is 1. The van der Waals surface area contributed by atoms with Gasteiger partial charge in [-0.25, -0.2) is 0 Å². The summed E-state index contributed by atoms with van der Waals surface area (Å²) in [6, 6.07) is 17.9. The summed E-state index contributed by atoms with van der Waals surface area (Å²) in [5.41, 5.74) is 5.58. The van der Waals surface area contributed by atoms with Crippen LogP contribution in [0.4, 0.5) is 11.4 Å². The number of fused-ring (bicyclic) bond motifs is 2. The minimum Gasteiger partial charge on any atom is -0.497 e. The number of carboxylic acids is 1. The summed E-state index contributed by atoms with van der Waals surface area (Å²) in [4.78, 5) is 13.7. The first-order valence-corrected chi connectivity index (χ1v) is 9.37. The normalized spacial score (nSPS) is 26.4. The zero-order valence-electron chi connectivity index (χ0n) is 15.4. The van der Waals surface area contributed by atoms with E-state index in [-0.39, 0.29) is 18.0 Å². The van der Waals surface area contributed by atoms with Crippen LogP contribution in [0, 0.1) is 5.92 Å². The van der Waals surface area contributed by atoms with Gasteiger partial charge in [0.1, 0.15) is 11.8 Å². The lowest BCUT2D eigenvalue weighted by Gasteiger charge is -2.42. The number of carbonyl (C=O) groups is 1. The predicted molar refractivity (Wildman–Crippen MR) is 105 cm³/mol. The van der Waals surface area contributed by atoms with Gasteiger partial charge < -0.3 is 9.84 Å². The molecule has 0 radical (unpaired) electrons. The van der Waals surface area contributed by atoms with Gasteiger partial charge >= 0.3 is 5.97 Å². The summed E-state index contributed by atoms with van der Waals surface area (Å²) >= 11 is 0. The monoisotopic (exact) mass is 367 g/mol. The molecule has 2 N–H and O–H groups in total. The zero-order valence-corrected chi connectivity index (χ0v) is 15.4. The summed E-state index contributed by atoms with van der Waals surface area (Å²) in [6.45, 7) is 1.61. The average Bonchev–Trinajstić information content (AvgIpc) is 2.98. The van der Waals surface area contributed by atoms with Crippen LogP contribution in [0.1, 0.15) is 12.8 Å². The lowest BCUT2D eigenvalue weighted by molar-refractivity contribution is -0.144. The van der Waals surface area contributed by atoms with Crippen molar-refractivity contribution in [1.29, 1.82) is 0 Å². The molecule has 0 aliphatic carbocycles. The van der Waals surface area contributed by atoms with Gasteiger partial charge in [-0.1, -0.05) is 18.2 Å². The van der Waals surface area contributed by atoms with Crippen molar-refractivity contribution in [3.63, 3.8) is 0 Å². The molecule has 4 rings (SSSR count). The van der Waals surface area contributed by atoms with E-state index in [1.807, 2.05) is 42.5 Å². The molecule has 2 aromatic rings. The van der Waals surface area contributed by atoms with Gasteiger partial charge in [-0.2, -0.15) is 0 Å². The molecule has 2 heterocycles. The van der Waals surface area contributed by atoms with E-state index in [9.17, 15) is 9.90 Å². The maximum absolute atomic E-state index is 11.6. The maximum atomic E-state index is 11.6. The second-order valence-electron chi connectivity index (χ2n) is 7.26. The van der Waals surface area contributed by atoms with Gasteiger partial charge in [0.25, 0.3) is 0 Å². The fourth-order valence-corrected chi connectivity index (χ4v) is 4.38. The van der Waals surface area contributed by atoms with E-state index in [4.69, 9.17) is 4.74 Å². The first-order chi connectivity index (χ1) is 13.2. The smallest absolute Gasteiger partial charge is 0.321 e. The molecule has 6 heteroatoms. The summed E-state index contributed by atoms with van der Waals surface area (Å²) in [6.07, 6.45) is 1.82. The quantitative estimate of drug-likeness (QED) is 0.765. The van der Waals surface area contributed by atoms with Crippen LogP contribution in [0.2, 0.25) is 0 Å². The van der Waals surface area contributed by atoms with Crippen molar-refractivity contribution in [2.75, 3.05) is 30.6 Å². The number of hydrogen-bond acceptors (Lipinski definition) is 5. The molecule has 2 aliphatic rings. The number of ether oxygens (including phenoxy) is 1. The largest absolute Gasteiger partial charge is 0.497 e. The van der Waals surface area contributed by atoms with E-state index in [0.717, 1.165) is 43.1 Å². The Labute approximate surface area is 159 Å². The van der Waals surface area contributed by atoms with Crippen LogP contribution < -0.4 is 15.2 Å². The zero-order chi connectivity index (χ0) is 18.8. The number of nitrogens with one attached hydrogen (secondary N) is 1. The number of carboxylic acid groups (broad SMARTS) is 1. The highest BCUT2D eigenvalue weighted by molar-refractivity contribution is 5.74. The number of hydrogen-bond donors (Lipinski definition) is 2. The van der Waals surface area contributed by atoms with E-state index in [2.05, 4.69) is 27.5 Å². The number of nitrogens with zero attached hydrogens (tertiary/aromatic N) is 2. The highest BCUT2D eigenvalue weighted by Gasteiger charge is 2.46. The molecular formula is C21H25N3O3. The predicted octanol–water partition coefficient (Wildman–Crippen LogP) is 3.08. The molecule has 2 aliphatic heterocycles. The second-order valence-corrected chi connectivity index (χ2v) is 7.26. The van der Waals surface area contributed by atoms with Crippen LogP contribution in [-0.4, -0.2) is 48.3 Å². The van der Waals surface area contributed by atoms with Crippen LogP contribution >= 0.6 is 0 Å². The molecule has 2 fully saturated rings. The fraction of sp³-hybridized carbons (Fsp3) is 0.381. The van der Waals surface area contributed by atoms with E-state index in [0.29, 0.717) is 0 Å². The van der Waals surface area contributed by atoms with Gasteiger partial charge in [-0.3, -0.25) is 20.1 Å². The molecule has 2 bridgehead atoms. The molecule has 0 spiro atoms. The Bertz CT molecular complexity index is 767. The standard InChI is InChI=1S/C21H25N3O3/c1-27-19-9-7-16(8-10-19)22-24(17-5-3-2-4-6-17)18-13-15-11-12-23(14-18)20(15)21(25)26/h2-10,15,18,20,22H,11-14H2,1H3,(H,25,26). The van der Waals surface area contributed by atoms with Gasteiger partial charge in [0.05, 0.1) is 24.5 Å². The summed E-state index contributed by atoms with van der Waals surface area (Å²) < 4.78 is 5.24. The van der Waals surface area contributed by atoms with Crippen molar-refractivity contribution in [2.45, 2.75) is 24.9 Å². The Morgan fingerprint density at radius 3 is 2.56 bits per heavy atom. The Hall–Kier alpha value is -2.73. The molecule has 142 valence electrons.